The Morgan fingerprint density at radius 1 is 0.792 bits per heavy atom. The van der Waals surface area contributed by atoms with E-state index in [0.29, 0.717) is 0 Å². The summed E-state index contributed by atoms with van der Waals surface area (Å²) in [6.07, 6.45) is 7.12. The van der Waals surface area contributed by atoms with Crippen LogP contribution in [0.1, 0.15) is 45.7 Å². The van der Waals surface area contributed by atoms with Crippen LogP contribution >= 0.6 is 0 Å². The predicted molar refractivity (Wildman–Crippen MR) is 103 cm³/mol. The van der Waals surface area contributed by atoms with Gasteiger partial charge in [-0.3, -0.25) is 0 Å². The second kappa shape index (κ2) is 4.72. The Morgan fingerprint density at radius 2 is 1.29 bits per heavy atom. The zero-order chi connectivity index (χ0) is 17.2. The molecule has 2 aliphatic rings. The molecule has 0 heteroatoms. The van der Waals surface area contributed by atoms with Crippen molar-refractivity contribution in [1.82, 2.24) is 0 Å². The van der Waals surface area contributed by atoms with Crippen molar-refractivity contribution in [2.45, 2.75) is 40.0 Å². The molecule has 0 bridgehead atoms. The van der Waals surface area contributed by atoms with Crippen molar-refractivity contribution in [2.75, 3.05) is 0 Å². The summed E-state index contributed by atoms with van der Waals surface area (Å²) in [5, 5.41) is 0. The number of hydrogen-bond acceptors (Lipinski definition) is 0. The second-order valence-electron chi connectivity index (χ2n) is 8.35. The maximum Gasteiger partial charge on any atom is 0.0249 e. The zero-order valence-corrected chi connectivity index (χ0v) is 15.4. The van der Waals surface area contributed by atoms with Crippen molar-refractivity contribution in [1.29, 1.82) is 0 Å². The van der Waals surface area contributed by atoms with Crippen LogP contribution in [0.15, 0.2) is 72.3 Å². The van der Waals surface area contributed by atoms with Gasteiger partial charge in [0, 0.05) is 10.8 Å². The van der Waals surface area contributed by atoms with Gasteiger partial charge in [0.2, 0.25) is 0 Å². The minimum Gasteiger partial charge on any atom is -0.0740 e. The molecule has 1 unspecified atom stereocenters. The predicted octanol–water partition coefficient (Wildman–Crippen LogP) is 6.52. The molecule has 24 heavy (non-hydrogen) atoms. The van der Waals surface area contributed by atoms with E-state index >= 15 is 0 Å². The van der Waals surface area contributed by atoms with Crippen molar-refractivity contribution in [3.05, 3.63) is 83.5 Å². The van der Waals surface area contributed by atoms with Crippen LogP contribution in [0.3, 0.4) is 0 Å². The van der Waals surface area contributed by atoms with Gasteiger partial charge < -0.3 is 0 Å². The van der Waals surface area contributed by atoms with Crippen LogP contribution in [0, 0.1) is 10.8 Å². The number of rotatable bonds is 2. The van der Waals surface area contributed by atoms with Crippen molar-refractivity contribution in [3.8, 4) is 11.1 Å². The number of benzene rings is 2. The van der Waals surface area contributed by atoms with Crippen LogP contribution in [0.2, 0.25) is 0 Å². The Balaban J connectivity index is 2.02. The van der Waals surface area contributed by atoms with Crippen LogP contribution in [0.5, 0.6) is 0 Å². The van der Waals surface area contributed by atoms with Gasteiger partial charge in [-0.25, -0.2) is 0 Å². The van der Waals surface area contributed by atoms with Gasteiger partial charge in [0.25, 0.3) is 0 Å². The summed E-state index contributed by atoms with van der Waals surface area (Å²) in [4.78, 5) is 0. The van der Waals surface area contributed by atoms with Crippen molar-refractivity contribution in [2.24, 2.45) is 10.8 Å². The Hall–Kier alpha value is -2.08. The Bertz CT molecular complexity index is 833. The van der Waals surface area contributed by atoms with Gasteiger partial charge in [-0.1, -0.05) is 100 Å². The van der Waals surface area contributed by atoms with E-state index in [-0.39, 0.29) is 16.2 Å². The van der Waals surface area contributed by atoms with E-state index < -0.39 is 0 Å². The molecule has 0 fully saturated rings. The Morgan fingerprint density at radius 3 is 1.75 bits per heavy atom. The molecule has 0 heterocycles. The van der Waals surface area contributed by atoms with Crippen molar-refractivity contribution in [3.63, 3.8) is 0 Å². The summed E-state index contributed by atoms with van der Waals surface area (Å²) in [5.41, 5.74) is 7.14. The summed E-state index contributed by atoms with van der Waals surface area (Å²) in [6, 6.07) is 17.9. The minimum atomic E-state index is -0.0274. The first-order valence-corrected chi connectivity index (χ1v) is 8.89. The molecule has 0 saturated carbocycles. The summed E-state index contributed by atoms with van der Waals surface area (Å²) in [7, 11) is 0. The lowest BCUT2D eigenvalue weighted by atomic mass is 9.51. The van der Waals surface area contributed by atoms with Gasteiger partial charge in [0.1, 0.15) is 0 Å². The van der Waals surface area contributed by atoms with E-state index in [1.54, 1.807) is 0 Å². The average Bonchev–Trinajstić information content (AvgIpc) is 3.06. The Kier molecular flexibility index (Phi) is 3.04. The molecule has 0 radical (unpaired) electrons. The van der Waals surface area contributed by atoms with Crippen LogP contribution in [0.4, 0.5) is 0 Å². The summed E-state index contributed by atoms with van der Waals surface area (Å²) < 4.78 is 0. The number of allylic oxidation sites excluding steroid dienone is 4. The van der Waals surface area contributed by atoms with Crippen LogP contribution in [0.25, 0.3) is 11.1 Å². The van der Waals surface area contributed by atoms with Crippen LogP contribution in [-0.4, -0.2) is 0 Å². The maximum absolute atomic E-state index is 2.45. The van der Waals surface area contributed by atoms with Gasteiger partial charge in [-0.05, 0) is 34.6 Å². The summed E-state index contributed by atoms with van der Waals surface area (Å²) in [5.74, 6) is 0. The topological polar surface area (TPSA) is 0 Å². The molecule has 122 valence electrons. The Labute approximate surface area is 145 Å². The van der Waals surface area contributed by atoms with Crippen LogP contribution in [-0.2, 0) is 5.41 Å². The molecule has 0 spiro atoms. The first-order valence-electron chi connectivity index (χ1n) is 8.89. The normalized spacial score (nSPS) is 23.8. The molecule has 1 atom stereocenters. The molecular weight excluding hydrogens is 288 g/mol. The minimum absolute atomic E-state index is 0.0274. The standard InChI is InChI=1S/C24H26/c1-17-14-15-23(4,16-17)22(2,3)24(5)20-12-8-6-10-18(20)19-11-7-9-13-21(19)24/h6-16H,1-5H3. The van der Waals surface area contributed by atoms with Gasteiger partial charge in [-0.15, -0.1) is 0 Å². The first kappa shape index (κ1) is 15.4. The fourth-order valence-electron chi connectivity index (χ4n) is 4.93. The van der Waals surface area contributed by atoms with E-state index in [2.05, 4.69) is 101 Å². The fraction of sp³-hybridized carbons (Fsp3) is 0.333. The molecule has 2 aromatic rings. The third-order valence-corrected chi connectivity index (χ3v) is 7.04. The number of hydrogen-bond donors (Lipinski definition) is 0. The smallest absolute Gasteiger partial charge is 0.0249 e. The molecule has 0 aliphatic heterocycles. The molecule has 2 aromatic carbocycles. The molecule has 4 rings (SSSR count). The van der Waals surface area contributed by atoms with Crippen LogP contribution < -0.4 is 0 Å². The lowest BCUT2D eigenvalue weighted by Crippen LogP contribution is -2.48. The SMILES string of the molecule is CC1=CC(C)(C(C)(C)C2(C)c3ccccc3-c3ccccc32)C=C1. The third kappa shape index (κ3) is 1.69. The molecule has 0 nitrogen and oxygen atoms in total. The highest BCUT2D eigenvalue weighted by atomic mass is 14.6. The largest absolute Gasteiger partial charge is 0.0740 e. The summed E-state index contributed by atoms with van der Waals surface area (Å²) >= 11 is 0. The van der Waals surface area contributed by atoms with E-state index in [1.165, 1.54) is 27.8 Å². The van der Waals surface area contributed by atoms with Crippen molar-refractivity contribution < 1.29 is 0 Å². The summed E-state index contributed by atoms with van der Waals surface area (Å²) in [6.45, 7) is 11.9. The van der Waals surface area contributed by atoms with Crippen molar-refractivity contribution >= 4 is 0 Å². The maximum atomic E-state index is 2.45. The highest BCUT2D eigenvalue weighted by Gasteiger charge is 2.56. The van der Waals surface area contributed by atoms with E-state index in [9.17, 15) is 0 Å². The molecule has 0 aromatic heterocycles. The average molecular weight is 314 g/mol. The third-order valence-electron chi connectivity index (χ3n) is 7.04. The van der Waals surface area contributed by atoms with Gasteiger partial charge in [-0.2, -0.15) is 0 Å². The highest BCUT2D eigenvalue weighted by molar-refractivity contribution is 5.81. The van der Waals surface area contributed by atoms with Gasteiger partial charge >= 0.3 is 0 Å². The molecule has 2 aliphatic carbocycles. The first-order chi connectivity index (χ1) is 11.3. The van der Waals surface area contributed by atoms with Gasteiger partial charge in [0.05, 0.1) is 0 Å². The fourth-order valence-corrected chi connectivity index (χ4v) is 4.93. The lowest BCUT2D eigenvalue weighted by Gasteiger charge is -2.52. The van der Waals surface area contributed by atoms with E-state index in [1.807, 2.05) is 0 Å². The van der Waals surface area contributed by atoms with E-state index in [4.69, 9.17) is 0 Å². The number of fused-ring (bicyclic) bond motifs is 3. The molecule has 0 saturated heterocycles. The molecule has 0 N–H and O–H groups in total. The second-order valence-corrected chi connectivity index (χ2v) is 8.35. The van der Waals surface area contributed by atoms with Gasteiger partial charge in [0.15, 0.2) is 0 Å². The monoisotopic (exact) mass is 314 g/mol. The molecule has 0 amide bonds. The highest BCUT2D eigenvalue weighted by Crippen LogP contribution is 2.63. The lowest BCUT2D eigenvalue weighted by molar-refractivity contribution is 0.110. The quantitative estimate of drug-likeness (QED) is 0.592. The molecular formula is C24H26. The van der Waals surface area contributed by atoms with E-state index in [0.717, 1.165) is 0 Å². The zero-order valence-electron chi connectivity index (χ0n) is 15.4.